The van der Waals surface area contributed by atoms with Gasteiger partial charge < -0.3 is 15.8 Å². The van der Waals surface area contributed by atoms with Gasteiger partial charge in [0.05, 0.1) is 6.61 Å². The minimum Gasteiger partial charge on any atom is -0.494 e. The molecular weight excluding hydrogens is 236 g/mol. The SMILES string of the molecule is C/C=C/CCNC(CN)c1cccc(OCCC)c1. The summed E-state index contributed by atoms with van der Waals surface area (Å²) in [5, 5.41) is 3.47. The number of hydrogen-bond donors (Lipinski definition) is 2. The second kappa shape index (κ2) is 9.59. The highest BCUT2D eigenvalue weighted by Gasteiger charge is 2.09. The first kappa shape index (κ1) is 15.7. The molecule has 0 spiro atoms. The summed E-state index contributed by atoms with van der Waals surface area (Å²) >= 11 is 0. The van der Waals surface area contributed by atoms with E-state index >= 15 is 0 Å². The monoisotopic (exact) mass is 262 g/mol. The summed E-state index contributed by atoms with van der Waals surface area (Å²) in [6.07, 6.45) is 6.27. The van der Waals surface area contributed by atoms with Crippen LogP contribution in [0.25, 0.3) is 0 Å². The molecule has 0 radical (unpaired) electrons. The highest BCUT2D eigenvalue weighted by molar-refractivity contribution is 5.30. The summed E-state index contributed by atoms with van der Waals surface area (Å²) in [4.78, 5) is 0. The fourth-order valence-corrected chi connectivity index (χ4v) is 1.89. The number of rotatable bonds is 9. The third-order valence-corrected chi connectivity index (χ3v) is 2.91. The van der Waals surface area contributed by atoms with Crippen LogP contribution in [0.5, 0.6) is 5.75 Å². The van der Waals surface area contributed by atoms with Crippen LogP contribution in [0.15, 0.2) is 36.4 Å². The van der Waals surface area contributed by atoms with Crippen LogP contribution in [0.4, 0.5) is 0 Å². The summed E-state index contributed by atoms with van der Waals surface area (Å²) in [6, 6.07) is 8.38. The molecule has 0 heterocycles. The van der Waals surface area contributed by atoms with Gasteiger partial charge in [-0.25, -0.2) is 0 Å². The van der Waals surface area contributed by atoms with Crippen molar-refractivity contribution < 1.29 is 4.74 Å². The average Bonchev–Trinajstić information content (AvgIpc) is 2.45. The van der Waals surface area contributed by atoms with Gasteiger partial charge in [0.1, 0.15) is 5.75 Å². The normalized spacial score (nSPS) is 12.8. The first-order chi connectivity index (χ1) is 9.31. The summed E-state index contributed by atoms with van der Waals surface area (Å²) in [7, 11) is 0. The number of ether oxygens (including phenoxy) is 1. The zero-order valence-corrected chi connectivity index (χ0v) is 12.1. The van der Waals surface area contributed by atoms with E-state index in [-0.39, 0.29) is 6.04 Å². The van der Waals surface area contributed by atoms with Gasteiger partial charge in [-0.15, -0.1) is 0 Å². The van der Waals surface area contributed by atoms with Gasteiger partial charge in [-0.1, -0.05) is 31.2 Å². The minimum absolute atomic E-state index is 0.190. The van der Waals surface area contributed by atoms with Crippen LogP contribution in [-0.4, -0.2) is 19.7 Å². The first-order valence-corrected chi connectivity index (χ1v) is 7.09. The smallest absolute Gasteiger partial charge is 0.119 e. The fraction of sp³-hybridized carbons (Fsp3) is 0.500. The van der Waals surface area contributed by atoms with E-state index in [9.17, 15) is 0 Å². The molecule has 3 N–H and O–H groups in total. The Balaban J connectivity index is 2.58. The van der Waals surface area contributed by atoms with Crippen molar-refractivity contribution in [2.45, 2.75) is 32.7 Å². The number of allylic oxidation sites excluding steroid dienone is 1. The molecule has 0 amide bonds. The van der Waals surface area contributed by atoms with Crippen LogP contribution >= 0.6 is 0 Å². The number of nitrogens with two attached hydrogens (primary N) is 1. The lowest BCUT2D eigenvalue weighted by Crippen LogP contribution is -2.28. The van der Waals surface area contributed by atoms with Crippen LogP contribution in [0, 0.1) is 0 Å². The highest BCUT2D eigenvalue weighted by Crippen LogP contribution is 2.19. The molecule has 19 heavy (non-hydrogen) atoms. The predicted molar refractivity (Wildman–Crippen MR) is 81.5 cm³/mol. The summed E-state index contributed by atoms with van der Waals surface area (Å²) in [5.41, 5.74) is 7.04. The first-order valence-electron chi connectivity index (χ1n) is 7.09. The van der Waals surface area contributed by atoms with Gasteiger partial charge in [-0.3, -0.25) is 0 Å². The zero-order chi connectivity index (χ0) is 13.9. The molecule has 1 atom stereocenters. The maximum absolute atomic E-state index is 5.85. The standard InChI is InChI=1S/C16H26N2O/c1-3-5-6-10-18-16(13-17)14-8-7-9-15(12-14)19-11-4-2/h3,5,7-9,12,16,18H,4,6,10-11,13,17H2,1-2H3/b5-3+. The van der Waals surface area contributed by atoms with Gasteiger partial charge in [0.25, 0.3) is 0 Å². The summed E-state index contributed by atoms with van der Waals surface area (Å²) < 4.78 is 5.65. The third kappa shape index (κ3) is 5.90. The quantitative estimate of drug-likeness (QED) is 0.531. The van der Waals surface area contributed by atoms with Gasteiger partial charge in [-0.05, 0) is 44.0 Å². The van der Waals surface area contributed by atoms with Crippen molar-refractivity contribution in [3.8, 4) is 5.75 Å². The van der Waals surface area contributed by atoms with Gasteiger partial charge in [0.15, 0.2) is 0 Å². The van der Waals surface area contributed by atoms with Gasteiger partial charge >= 0.3 is 0 Å². The Labute approximate surface area is 116 Å². The minimum atomic E-state index is 0.190. The second-order valence-electron chi connectivity index (χ2n) is 4.52. The van der Waals surface area contributed by atoms with Crippen molar-refractivity contribution in [1.29, 1.82) is 0 Å². The van der Waals surface area contributed by atoms with Crippen LogP contribution in [0.3, 0.4) is 0 Å². The van der Waals surface area contributed by atoms with E-state index in [4.69, 9.17) is 10.5 Å². The average molecular weight is 262 g/mol. The molecule has 3 nitrogen and oxygen atoms in total. The van der Waals surface area contributed by atoms with Crippen molar-refractivity contribution in [3.05, 3.63) is 42.0 Å². The molecule has 0 saturated heterocycles. The Morgan fingerprint density at radius 3 is 2.95 bits per heavy atom. The van der Waals surface area contributed by atoms with Crippen molar-refractivity contribution in [2.24, 2.45) is 5.73 Å². The molecule has 1 rings (SSSR count). The molecule has 0 fully saturated rings. The molecule has 0 bridgehead atoms. The molecule has 106 valence electrons. The van der Waals surface area contributed by atoms with Crippen LogP contribution < -0.4 is 15.8 Å². The van der Waals surface area contributed by atoms with Crippen molar-refractivity contribution >= 4 is 0 Å². The Kier molecular flexibility index (Phi) is 7.94. The second-order valence-corrected chi connectivity index (χ2v) is 4.52. The van der Waals surface area contributed by atoms with E-state index in [0.29, 0.717) is 6.54 Å². The predicted octanol–water partition coefficient (Wildman–Crippen LogP) is 3.03. The maximum atomic E-state index is 5.85. The van der Waals surface area contributed by atoms with E-state index in [0.717, 1.165) is 31.7 Å². The molecule has 0 saturated carbocycles. The zero-order valence-electron chi connectivity index (χ0n) is 12.1. The van der Waals surface area contributed by atoms with Crippen LogP contribution in [-0.2, 0) is 0 Å². The lowest BCUT2D eigenvalue weighted by atomic mass is 10.1. The molecule has 0 aliphatic carbocycles. The van der Waals surface area contributed by atoms with Crippen LogP contribution in [0.2, 0.25) is 0 Å². The van der Waals surface area contributed by atoms with E-state index in [1.54, 1.807) is 0 Å². The van der Waals surface area contributed by atoms with E-state index in [1.165, 1.54) is 5.56 Å². The van der Waals surface area contributed by atoms with Gasteiger partial charge in [0, 0.05) is 12.6 Å². The topological polar surface area (TPSA) is 47.3 Å². The Hall–Kier alpha value is -1.32. The Morgan fingerprint density at radius 2 is 2.26 bits per heavy atom. The van der Waals surface area contributed by atoms with Gasteiger partial charge in [0.2, 0.25) is 0 Å². The van der Waals surface area contributed by atoms with Gasteiger partial charge in [-0.2, -0.15) is 0 Å². The molecular formula is C16H26N2O. The number of hydrogen-bond acceptors (Lipinski definition) is 3. The van der Waals surface area contributed by atoms with Crippen molar-refractivity contribution in [3.63, 3.8) is 0 Å². The lowest BCUT2D eigenvalue weighted by Gasteiger charge is -2.17. The summed E-state index contributed by atoms with van der Waals surface area (Å²) in [5.74, 6) is 0.924. The lowest BCUT2D eigenvalue weighted by molar-refractivity contribution is 0.316. The number of benzene rings is 1. The molecule has 0 aromatic heterocycles. The Morgan fingerprint density at radius 1 is 1.42 bits per heavy atom. The molecule has 0 aliphatic rings. The largest absolute Gasteiger partial charge is 0.494 e. The third-order valence-electron chi connectivity index (χ3n) is 2.91. The number of nitrogens with one attached hydrogen (secondary N) is 1. The summed E-state index contributed by atoms with van der Waals surface area (Å²) in [6.45, 7) is 6.43. The van der Waals surface area contributed by atoms with Crippen LogP contribution in [0.1, 0.15) is 38.3 Å². The Bertz CT molecular complexity index is 377. The molecule has 1 aromatic carbocycles. The maximum Gasteiger partial charge on any atom is 0.119 e. The molecule has 0 aliphatic heterocycles. The van der Waals surface area contributed by atoms with Crippen molar-refractivity contribution in [1.82, 2.24) is 5.32 Å². The van der Waals surface area contributed by atoms with E-state index in [1.807, 2.05) is 19.1 Å². The highest BCUT2D eigenvalue weighted by atomic mass is 16.5. The molecule has 3 heteroatoms. The van der Waals surface area contributed by atoms with E-state index < -0.39 is 0 Å². The fourth-order valence-electron chi connectivity index (χ4n) is 1.89. The molecule has 1 aromatic rings. The van der Waals surface area contributed by atoms with Crippen molar-refractivity contribution in [2.75, 3.05) is 19.7 Å². The van der Waals surface area contributed by atoms with E-state index in [2.05, 4.69) is 36.5 Å². The molecule has 1 unspecified atom stereocenters.